The predicted molar refractivity (Wildman–Crippen MR) is 113 cm³/mol. The maximum absolute atomic E-state index is 6.48. The van der Waals surface area contributed by atoms with Crippen molar-refractivity contribution in [3.05, 3.63) is 75.0 Å². The van der Waals surface area contributed by atoms with Gasteiger partial charge in [0.15, 0.2) is 0 Å². The molecule has 0 N–H and O–H groups in total. The molecule has 0 amide bonds. The first-order chi connectivity index (χ1) is 12.0. The summed E-state index contributed by atoms with van der Waals surface area (Å²) in [5.41, 5.74) is 3.45. The lowest BCUT2D eigenvalue weighted by molar-refractivity contribution is 0.755. The number of aromatic nitrogens is 2. The van der Waals surface area contributed by atoms with Gasteiger partial charge in [-0.1, -0.05) is 45.2 Å². The molecular weight excluding hydrogens is 436 g/mol. The van der Waals surface area contributed by atoms with Gasteiger partial charge < -0.3 is 0 Å². The fraction of sp³-hybridized carbons (Fsp3) is 0.211. The van der Waals surface area contributed by atoms with Crippen LogP contribution in [0.25, 0.3) is 0 Å². The second kappa shape index (κ2) is 8.67. The SMILES string of the molecule is Cc1ccc(SCc2nn(C)c(Cl)c2CSc2ccc(Br)cc2)cc1. The molecule has 2 aromatic carbocycles. The van der Waals surface area contributed by atoms with Crippen molar-refractivity contribution in [2.75, 3.05) is 0 Å². The number of nitrogens with zero attached hydrogens (tertiary/aromatic N) is 2. The summed E-state index contributed by atoms with van der Waals surface area (Å²) in [5.74, 6) is 1.64. The highest BCUT2D eigenvalue weighted by Gasteiger charge is 2.15. The van der Waals surface area contributed by atoms with Crippen LogP contribution in [0.5, 0.6) is 0 Å². The Bertz CT molecular complexity index is 845. The molecule has 0 saturated heterocycles. The number of halogens is 2. The van der Waals surface area contributed by atoms with Gasteiger partial charge in [0, 0.05) is 38.4 Å². The Balaban J connectivity index is 1.70. The molecule has 25 heavy (non-hydrogen) atoms. The third-order valence-corrected chi connectivity index (χ3v) is 6.81. The van der Waals surface area contributed by atoms with Crippen molar-refractivity contribution in [1.82, 2.24) is 9.78 Å². The van der Waals surface area contributed by atoms with Crippen LogP contribution >= 0.6 is 51.1 Å². The van der Waals surface area contributed by atoms with Crippen molar-refractivity contribution in [3.8, 4) is 0 Å². The fourth-order valence-electron chi connectivity index (χ4n) is 2.33. The molecular formula is C19H18BrClN2S2. The van der Waals surface area contributed by atoms with Crippen LogP contribution in [-0.2, 0) is 18.6 Å². The Labute approximate surface area is 170 Å². The van der Waals surface area contributed by atoms with Crippen LogP contribution < -0.4 is 0 Å². The van der Waals surface area contributed by atoms with E-state index in [4.69, 9.17) is 11.6 Å². The highest BCUT2D eigenvalue weighted by Crippen LogP contribution is 2.32. The van der Waals surface area contributed by atoms with Gasteiger partial charge in [0.1, 0.15) is 5.15 Å². The lowest BCUT2D eigenvalue weighted by Crippen LogP contribution is -1.91. The normalized spacial score (nSPS) is 11.0. The van der Waals surface area contributed by atoms with Gasteiger partial charge in [0.2, 0.25) is 0 Å². The minimum Gasteiger partial charge on any atom is -0.256 e. The van der Waals surface area contributed by atoms with E-state index in [1.54, 1.807) is 28.2 Å². The summed E-state index contributed by atoms with van der Waals surface area (Å²) in [7, 11) is 1.90. The van der Waals surface area contributed by atoms with Crippen molar-refractivity contribution >= 4 is 51.1 Å². The van der Waals surface area contributed by atoms with Crippen molar-refractivity contribution in [2.24, 2.45) is 7.05 Å². The molecule has 2 nitrogen and oxygen atoms in total. The van der Waals surface area contributed by atoms with Gasteiger partial charge in [-0.15, -0.1) is 23.5 Å². The molecule has 1 heterocycles. The highest BCUT2D eigenvalue weighted by atomic mass is 79.9. The third-order valence-electron chi connectivity index (χ3n) is 3.75. The number of rotatable bonds is 6. The molecule has 0 aliphatic carbocycles. The third kappa shape index (κ3) is 5.07. The highest BCUT2D eigenvalue weighted by molar-refractivity contribution is 9.10. The topological polar surface area (TPSA) is 17.8 Å². The first-order valence-corrected chi connectivity index (χ1v) is 10.9. The molecule has 0 fully saturated rings. The first kappa shape index (κ1) is 18.9. The summed E-state index contributed by atoms with van der Waals surface area (Å²) < 4.78 is 2.86. The maximum atomic E-state index is 6.48. The summed E-state index contributed by atoms with van der Waals surface area (Å²) in [6, 6.07) is 16.9. The second-order valence-corrected chi connectivity index (χ2v) is 9.06. The van der Waals surface area contributed by atoms with Crippen LogP contribution in [-0.4, -0.2) is 9.78 Å². The number of hydrogen-bond donors (Lipinski definition) is 0. The molecule has 0 atom stereocenters. The Hall–Kier alpha value is -0.880. The Morgan fingerprint density at radius 2 is 1.52 bits per heavy atom. The average Bonchev–Trinajstić information content (AvgIpc) is 2.88. The molecule has 0 unspecified atom stereocenters. The van der Waals surface area contributed by atoms with Crippen LogP contribution in [0.3, 0.4) is 0 Å². The smallest absolute Gasteiger partial charge is 0.131 e. The Kier molecular flexibility index (Phi) is 6.55. The van der Waals surface area contributed by atoms with Crippen LogP contribution in [0.1, 0.15) is 16.8 Å². The van der Waals surface area contributed by atoms with E-state index in [2.05, 4.69) is 76.5 Å². The Morgan fingerprint density at radius 1 is 0.960 bits per heavy atom. The largest absolute Gasteiger partial charge is 0.256 e. The zero-order valence-corrected chi connectivity index (χ0v) is 18.0. The molecule has 3 rings (SSSR count). The fourth-order valence-corrected chi connectivity index (χ4v) is 4.70. The van der Waals surface area contributed by atoms with Gasteiger partial charge in [-0.25, -0.2) is 0 Å². The molecule has 0 aliphatic rings. The zero-order chi connectivity index (χ0) is 17.8. The van der Waals surface area contributed by atoms with Crippen molar-refractivity contribution in [1.29, 1.82) is 0 Å². The summed E-state index contributed by atoms with van der Waals surface area (Å²) in [5, 5.41) is 5.34. The lowest BCUT2D eigenvalue weighted by Gasteiger charge is -2.05. The lowest BCUT2D eigenvalue weighted by atomic mass is 10.2. The van der Waals surface area contributed by atoms with E-state index < -0.39 is 0 Å². The zero-order valence-electron chi connectivity index (χ0n) is 14.0. The van der Waals surface area contributed by atoms with Gasteiger partial charge in [-0.3, -0.25) is 4.68 Å². The van der Waals surface area contributed by atoms with E-state index in [1.165, 1.54) is 15.4 Å². The average molecular weight is 454 g/mol. The Morgan fingerprint density at radius 3 is 2.16 bits per heavy atom. The van der Waals surface area contributed by atoms with E-state index >= 15 is 0 Å². The van der Waals surface area contributed by atoms with Crippen molar-refractivity contribution in [3.63, 3.8) is 0 Å². The van der Waals surface area contributed by atoms with Crippen LogP contribution in [0.2, 0.25) is 5.15 Å². The van der Waals surface area contributed by atoms with Crippen molar-refractivity contribution in [2.45, 2.75) is 28.2 Å². The number of hydrogen-bond acceptors (Lipinski definition) is 3. The molecule has 0 saturated carbocycles. The van der Waals surface area contributed by atoms with Gasteiger partial charge in [0.25, 0.3) is 0 Å². The summed E-state index contributed by atoms with van der Waals surface area (Å²) in [6.45, 7) is 2.10. The molecule has 130 valence electrons. The molecule has 0 spiro atoms. The number of benzene rings is 2. The van der Waals surface area contributed by atoms with E-state index in [0.29, 0.717) is 0 Å². The number of aryl methyl sites for hydroxylation is 2. The molecule has 1 aromatic heterocycles. The summed E-state index contributed by atoms with van der Waals surface area (Å²) in [4.78, 5) is 2.47. The molecule has 0 radical (unpaired) electrons. The van der Waals surface area contributed by atoms with Crippen LogP contribution in [0.4, 0.5) is 0 Å². The monoisotopic (exact) mass is 452 g/mol. The minimum atomic E-state index is 0.726. The van der Waals surface area contributed by atoms with Crippen molar-refractivity contribution < 1.29 is 0 Å². The molecule has 6 heteroatoms. The van der Waals surface area contributed by atoms with E-state index in [1.807, 2.05) is 7.05 Å². The summed E-state index contributed by atoms with van der Waals surface area (Å²) >= 11 is 13.5. The summed E-state index contributed by atoms with van der Waals surface area (Å²) in [6.07, 6.45) is 0. The maximum Gasteiger partial charge on any atom is 0.131 e. The van der Waals surface area contributed by atoms with Crippen LogP contribution in [0.15, 0.2) is 62.8 Å². The first-order valence-electron chi connectivity index (χ1n) is 7.81. The standard InChI is InChI=1S/C19H18BrClN2S2/c1-13-3-7-15(8-4-13)25-12-18-17(19(21)23(2)22-18)11-24-16-9-5-14(20)6-10-16/h3-10H,11-12H2,1-2H3. The predicted octanol–water partition coefficient (Wildman–Crippen LogP) is 6.73. The number of thioether (sulfide) groups is 2. The molecule has 3 aromatic rings. The molecule has 0 bridgehead atoms. The molecule has 0 aliphatic heterocycles. The quantitative estimate of drug-likeness (QED) is 0.385. The van der Waals surface area contributed by atoms with Gasteiger partial charge in [0.05, 0.1) is 5.69 Å². The van der Waals surface area contributed by atoms with Crippen LogP contribution in [0, 0.1) is 6.92 Å². The van der Waals surface area contributed by atoms with E-state index in [0.717, 1.165) is 32.4 Å². The van der Waals surface area contributed by atoms with Gasteiger partial charge in [-0.05, 0) is 43.3 Å². The minimum absolute atomic E-state index is 0.726. The van der Waals surface area contributed by atoms with Gasteiger partial charge in [-0.2, -0.15) is 5.10 Å². The second-order valence-electron chi connectivity index (χ2n) is 5.68. The van der Waals surface area contributed by atoms with E-state index in [-0.39, 0.29) is 0 Å². The van der Waals surface area contributed by atoms with E-state index in [9.17, 15) is 0 Å². The van der Waals surface area contributed by atoms with Gasteiger partial charge >= 0.3 is 0 Å².